The number of para-hydroxylation sites is 1. The average molecular weight is 686 g/mol. The molecular weight excluding hydrogens is 642 g/mol. The van der Waals surface area contributed by atoms with E-state index < -0.39 is 28.5 Å². The molecule has 0 heterocycles. The summed E-state index contributed by atoms with van der Waals surface area (Å²) in [5, 5.41) is 3.75. The van der Waals surface area contributed by atoms with E-state index in [1.165, 1.54) is 9.21 Å². The van der Waals surface area contributed by atoms with Crippen LogP contribution in [0, 0.1) is 6.92 Å². The molecule has 0 aliphatic heterocycles. The number of rotatable bonds is 13. The molecule has 252 valence electrons. The van der Waals surface area contributed by atoms with E-state index in [0.717, 1.165) is 54.4 Å². The quantitative estimate of drug-likeness (QED) is 0.158. The lowest BCUT2D eigenvalue weighted by molar-refractivity contribution is -0.140. The molecule has 0 bridgehead atoms. The molecule has 0 radical (unpaired) electrons. The fourth-order valence-corrected chi connectivity index (χ4v) is 8.00. The van der Waals surface area contributed by atoms with Gasteiger partial charge in [0.25, 0.3) is 10.0 Å². The van der Waals surface area contributed by atoms with Crippen LogP contribution in [0.5, 0.6) is 0 Å². The number of anilines is 1. The van der Waals surface area contributed by atoms with E-state index in [4.69, 9.17) is 11.6 Å². The monoisotopic (exact) mass is 685 g/mol. The number of hydrogen-bond acceptors (Lipinski definition) is 4. The second-order valence-electron chi connectivity index (χ2n) is 12.5. The maximum Gasteiger partial charge on any atom is 0.264 e. The highest BCUT2D eigenvalue weighted by molar-refractivity contribution is 7.92. The summed E-state index contributed by atoms with van der Waals surface area (Å²) in [6, 6.07) is 29.8. The normalized spacial score (nSPS) is 14.2. The molecule has 9 heteroatoms. The number of hydrogen-bond donors (Lipinski definition) is 1. The van der Waals surface area contributed by atoms with E-state index in [1.54, 1.807) is 54.6 Å². The number of sulfonamides is 1. The van der Waals surface area contributed by atoms with Crippen molar-refractivity contribution in [2.75, 3.05) is 10.8 Å². The second-order valence-corrected chi connectivity index (χ2v) is 14.8. The number of aryl methyl sites for hydroxylation is 2. The molecule has 0 unspecified atom stereocenters. The third-order valence-corrected chi connectivity index (χ3v) is 11.0. The predicted octanol–water partition coefficient (Wildman–Crippen LogP) is 7.50. The van der Waals surface area contributed by atoms with Crippen molar-refractivity contribution in [2.45, 2.75) is 82.3 Å². The van der Waals surface area contributed by atoms with Gasteiger partial charge in [-0.2, -0.15) is 0 Å². The number of carbonyl (C=O) groups is 2. The van der Waals surface area contributed by atoms with E-state index in [0.29, 0.717) is 17.1 Å². The second kappa shape index (κ2) is 16.3. The molecule has 0 spiro atoms. The Labute approximate surface area is 290 Å². The van der Waals surface area contributed by atoms with Crippen LogP contribution < -0.4 is 9.62 Å². The first kappa shape index (κ1) is 35.2. The lowest BCUT2D eigenvalue weighted by atomic mass is 9.94. The molecule has 48 heavy (non-hydrogen) atoms. The minimum atomic E-state index is -4.17. The molecule has 0 saturated heterocycles. The van der Waals surface area contributed by atoms with Gasteiger partial charge in [0, 0.05) is 24.0 Å². The largest absolute Gasteiger partial charge is 0.352 e. The first-order chi connectivity index (χ1) is 23.2. The van der Waals surface area contributed by atoms with Gasteiger partial charge in [-0.05, 0) is 73.2 Å². The molecule has 0 aromatic heterocycles. The minimum absolute atomic E-state index is 0.0301. The molecule has 1 N–H and O–H groups in total. The minimum Gasteiger partial charge on any atom is -0.352 e. The summed E-state index contributed by atoms with van der Waals surface area (Å²) in [5.74, 6) is -0.737. The van der Waals surface area contributed by atoms with E-state index in [1.807, 2.05) is 62.4 Å². The zero-order chi connectivity index (χ0) is 34.1. The topological polar surface area (TPSA) is 86.8 Å². The van der Waals surface area contributed by atoms with Crippen LogP contribution in [0.3, 0.4) is 0 Å². The Kier molecular flexibility index (Phi) is 12.0. The Morgan fingerprint density at radius 1 is 0.854 bits per heavy atom. The van der Waals surface area contributed by atoms with Gasteiger partial charge in [0.15, 0.2) is 0 Å². The first-order valence-electron chi connectivity index (χ1n) is 16.7. The molecular formula is C39H44ClN3O4S. The molecule has 1 saturated carbocycles. The Bertz CT molecular complexity index is 1790. The molecule has 4 aromatic rings. The number of amides is 2. The van der Waals surface area contributed by atoms with Crippen LogP contribution >= 0.6 is 11.6 Å². The van der Waals surface area contributed by atoms with Crippen LogP contribution in [0.25, 0.3) is 0 Å². The van der Waals surface area contributed by atoms with Gasteiger partial charge in [-0.25, -0.2) is 8.42 Å². The molecule has 4 aromatic carbocycles. The zero-order valence-corrected chi connectivity index (χ0v) is 29.2. The van der Waals surface area contributed by atoms with Crippen molar-refractivity contribution in [3.8, 4) is 0 Å². The van der Waals surface area contributed by atoms with Crippen LogP contribution in [0.4, 0.5) is 5.69 Å². The highest BCUT2D eigenvalue weighted by Crippen LogP contribution is 2.29. The van der Waals surface area contributed by atoms with Crippen LogP contribution in [0.1, 0.15) is 61.3 Å². The van der Waals surface area contributed by atoms with Gasteiger partial charge in [0.05, 0.1) is 10.6 Å². The summed E-state index contributed by atoms with van der Waals surface area (Å²) in [5.41, 5.74) is 3.78. The van der Waals surface area contributed by atoms with Crippen LogP contribution in [0.2, 0.25) is 5.02 Å². The van der Waals surface area contributed by atoms with Crippen molar-refractivity contribution < 1.29 is 18.0 Å². The SMILES string of the molecule is CCc1ccccc1N(CC(=O)N(Cc1cccc(Cl)c1)[C@@H](Cc1ccccc1)C(=O)NC1CCCCC1)S(=O)(=O)c1ccc(C)cc1. The van der Waals surface area contributed by atoms with Crippen molar-refractivity contribution in [3.63, 3.8) is 0 Å². The highest BCUT2D eigenvalue weighted by atomic mass is 35.5. The van der Waals surface area contributed by atoms with Gasteiger partial charge < -0.3 is 10.2 Å². The van der Waals surface area contributed by atoms with E-state index in [-0.39, 0.29) is 29.8 Å². The Morgan fingerprint density at radius 3 is 2.21 bits per heavy atom. The fourth-order valence-electron chi connectivity index (χ4n) is 6.33. The lowest BCUT2D eigenvalue weighted by Gasteiger charge is -2.35. The van der Waals surface area contributed by atoms with Gasteiger partial charge in [0.1, 0.15) is 12.6 Å². The van der Waals surface area contributed by atoms with Gasteiger partial charge in [-0.1, -0.05) is 116 Å². The number of halogens is 1. The summed E-state index contributed by atoms with van der Waals surface area (Å²) in [4.78, 5) is 30.7. The third kappa shape index (κ3) is 8.85. The molecule has 7 nitrogen and oxygen atoms in total. The van der Waals surface area contributed by atoms with Gasteiger partial charge in [-0.3, -0.25) is 13.9 Å². The maximum absolute atomic E-state index is 14.8. The standard InChI is InChI=1S/C39H44ClN3O4S/c1-3-32-16-10-11-20-36(32)43(48(46,47)35-23-21-29(2)22-24-35)28-38(44)42(27-31-15-12-17-33(40)25-31)37(26-30-13-6-4-7-14-30)39(45)41-34-18-8-5-9-19-34/h4,6-7,10-17,20-25,34,37H,3,5,8-9,18-19,26-28H2,1-2H3,(H,41,45)/t37-/m0/s1. The summed E-state index contributed by atoms with van der Waals surface area (Å²) in [6.45, 7) is 3.43. The van der Waals surface area contributed by atoms with Gasteiger partial charge in [-0.15, -0.1) is 0 Å². The summed E-state index contributed by atoms with van der Waals surface area (Å²) in [6.07, 6.45) is 5.84. The zero-order valence-electron chi connectivity index (χ0n) is 27.6. The molecule has 1 fully saturated rings. The number of carbonyl (C=O) groups excluding carboxylic acids is 2. The molecule has 2 amide bonds. The number of nitrogens with zero attached hydrogens (tertiary/aromatic N) is 2. The predicted molar refractivity (Wildman–Crippen MR) is 192 cm³/mol. The van der Waals surface area contributed by atoms with E-state index >= 15 is 0 Å². The maximum atomic E-state index is 14.8. The molecule has 1 aliphatic rings. The molecule has 5 rings (SSSR count). The van der Waals surface area contributed by atoms with Crippen LogP contribution in [-0.4, -0.2) is 43.8 Å². The summed E-state index contributed by atoms with van der Waals surface area (Å²) < 4.78 is 30.0. The lowest BCUT2D eigenvalue weighted by Crippen LogP contribution is -2.55. The van der Waals surface area contributed by atoms with Gasteiger partial charge >= 0.3 is 0 Å². The Balaban J connectivity index is 1.58. The average Bonchev–Trinajstić information content (AvgIpc) is 3.09. The third-order valence-electron chi connectivity index (χ3n) is 8.99. The van der Waals surface area contributed by atoms with Crippen molar-refractivity contribution in [1.29, 1.82) is 0 Å². The fraction of sp³-hybridized carbons (Fsp3) is 0.333. The van der Waals surface area contributed by atoms with Crippen molar-refractivity contribution in [1.82, 2.24) is 10.2 Å². The van der Waals surface area contributed by atoms with Crippen molar-refractivity contribution in [3.05, 3.63) is 130 Å². The van der Waals surface area contributed by atoms with Crippen molar-refractivity contribution >= 4 is 39.1 Å². The van der Waals surface area contributed by atoms with E-state index in [9.17, 15) is 18.0 Å². The first-order valence-corrected chi connectivity index (χ1v) is 18.5. The van der Waals surface area contributed by atoms with Crippen LogP contribution in [-0.2, 0) is 39.0 Å². The number of benzene rings is 4. The molecule has 1 atom stereocenters. The van der Waals surface area contributed by atoms with Crippen molar-refractivity contribution in [2.24, 2.45) is 0 Å². The Hall–Kier alpha value is -4.14. The van der Waals surface area contributed by atoms with Gasteiger partial charge in [0.2, 0.25) is 11.8 Å². The highest BCUT2D eigenvalue weighted by Gasteiger charge is 2.36. The van der Waals surface area contributed by atoms with Crippen LogP contribution in [0.15, 0.2) is 108 Å². The smallest absolute Gasteiger partial charge is 0.264 e. The summed E-state index contributed by atoms with van der Waals surface area (Å²) >= 11 is 6.37. The Morgan fingerprint density at radius 2 is 1.52 bits per heavy atom. The molecule has 1 aliphatic carbocycles. The van der Waals surface area contributed by atoms with E-state index in [2.05, 4.69) is 5.32 Å². The summed E-state index contributed by atoms with van der Waals surface area (Å²) in [7, 11) is -4.17. The number of nitrogens with one attached hydrogen (secondary N) is 1.